The first-order valence-corrected chi connectivity index (χ1v) is 4.13. The highest BCUT2D eigenvalue weighted by Crippen LogP contribution is 2.17. The lowest BCUT2D eigenvalue weighted by atomic mass is 10.1. The quantitative estimate of drug-likeness (QED) is 0.671. The maximum Gasteiger partial charge on any atom is 0.0701 e. The maximum absolute atomic E-state index is 5.58. The van der Waals surface area contributed by atoms with Crippen molar-refractivity contribution in [3.05, 3.63) is 48.7 Å². The number of hydrogen-bond acceptors (Lipinski definition) is 2. The molecule has 1 aromatic heterocycles. The standard InChI is InChI=1S/C11H10N2.H2/c12-10-6-4-9(5-7-10)11-3-1-2-8-13-11;/h1-8H,12H2;1H. The number of nitrogens with zero attached hydrogens (tertiary/aromatic N) is 1. The molecular formula is C11H12N2. The van der Waals surface area contributed by atoms with Crippen LogP contribution in [0.3, 0.4) is 0 Å². The summed E-state index contributed by atoms with van der Waals surface area (Å²) in [6.45, 7) is 0. The van der Waals surface area contributed by atoms with Crippen molar-refractivity contribution in [3.63, 3.8) is 0 Å². The fraction of sp³-hybridized carbons (Fsp3) is 0. The van der Waals surface area contributed by atoms with Gasteiger partial charge in [0.05, 0.1) is 5.69 Å². The van der Waals surface area contributed by atoms with Crippen molar-refractivity contribution in [3.8, 4) is 11.3 Å². The molecule has 0 aliphatic rings. The second-order valence-electron chi connectivity index (χ2n) is 2.84. The molecular weight excluding hydrogens is 160 g/mol. The van der Waals surface area contributed by atoms with E-state index in [0.717, 1.165) is 16.9 Å². The van der Waals surface area contributed by atoms with Crippen molar-refractivity contribution in [2.45, 2.75) is 0 Å². The van der Waals surface area contributed by atoms with E-state index in [1.54, 1.807) is 6.20 Å². The summed E-state index contributed by atoms with van der Waals surface area (Å²) in [6.07, 6.45) is 1.78. The molecule has 0 saturated carbocycles. The minimum atomic E-state index is 0. The van der Waals surface area contributed by atoms with Gasteiger partial charge in [0.15, 0.2) is 0 Å². The molecule has 2 heteroatoms. The van der Waals surface area contributed by atoms with Crippen LogP contribution in [0.4, 0.5) is 5.69 Å². The molecule has 2 N–H and O–H groups in total. The van der Waals surface area contributed by atoms with Gasteiger partial charge in [0.25, 0.3) is 0 Å². The topological polar surface area (TPSA) is 38.9 Å². The Morgan fingerprint density at radius 2 is 1.77 bits per heavy atom. The van der Waals surface area contributed by atoms with Crippen LogP contribution < -0.4 is 5.73 Å². The fourth-order valence-electron chi connectivity index (χ4n) is 1.19. The number of hydrogen-bond donors (Lipinski definition) is 1. The minimum absolute atomic E-state index is 0. The molecule has 0 fully saturated rings. The number of anilines is 1. The Balaban J connectivity index is 0.000000980. The lowest BCUT2D eigenvalue weighted by Gasteiger charge is -1.99. The Bertz CT molecular complexity index is 384. The molecule has 0 unspecified atom stereocenters. The van der Waals surface area contributed by atoms with E-state index in [-0.39, 0.29) is 1.43 Å². The predicted molar refractivity (Wildman–Crippen MR) is 56.2 cm³/mol. The van der Waals surface area contributed by atoms with Crippen LogP contribution in [0.15, 0.2) is 48.7 Å². The van der Waals surface area contributed by atoms with Gasteiger partial charge in [-0.1, -0.05) is 18.2 Å². The van der Waals surface area contributed by atoms with Crippen molar-refractivity contribution < 1.29 is 1.43 Å². The second kappa shape index (κ2) is 3.27. The fourth-order valence-corrected chi connectivity index (χ4v) is 1.19. The van der Waals surface area contributed by atoms with Gasteiger partial charge in [0.2, 0.25) is 0 Å². The first-order chi connectivity index (χ1) is 6.36. The van der Waals surface area contributed by atoms with Crippen LogP contribution in [0.5, 0.6) is 0 Å². The van der Waals surface area contributed by atoms with E-state index in [4.69, 9.17) is 5.73 Å². The molecule has 13 heavy (non-hydrogen) atoms. The number of rotatable bonds is 1. The SMILES string of the molecule is Nc1ccc(-c2ccccn2)cc1.[HH]. The zero-order valence-electron chi connectivity index (χ0n) is 7.14. The molecule has 0 saturated heterocycles. The molecule has 0 atom stereocenters. The van der Waals surface area contributed by atoms with Crippen molar-refractivity contribution >= 4 is 5.69 Å². The largest absolute Gasteiger partial charge is 0.399 e. The van der Waals surface area contributed by atoms with E-state index in [1.165, 1.54) is 0 Å². The molecule has 2 rings (SSSR count). The van der Waals surface area contributed by atoms with E-state index in [0.29, 0.717) is 0 Å². The summed E-state index contributed by atoms with van der Waals surface area (Å²) in [6, 6.07) is 13.5. The Morgan fingerprint density at radius 1 is 1.00 bits per heavy atom. The Morgan fingerprint density at radius 3 is 2.38 bits per heavy atom. The monoisotopic (exact) mass is 172 g/mol. The minimum Gasteiger partial charge on any atom is -0.399 e. The molecule has 0 aliphatic heterocycles. The number of nitrogens with two attached hydrogens (primary N) is 1. The summed E-state index contributed by atoms with van der Waals surface area (Å²) in [5, 5.41) is 0. The summed E-state index contributed by atoms with van der Waals surface area (Å²) in [7, 11) is 0. The van der Waals surface area contributed by atoms with Crippen molar-refractivity contribution in [2.24, 2.45) is 0 Å². The van der Waals surface area contributed by atoms with E-state index < -0.39 is 0 Å². The summed E-state index contributed by atoms with van der Waals surface area (Å²) >= 11 is 0. The highest BCUT2D eigenvalue weighted by Gasteiger charge is 1.95. The van der Waals surface area contributed by atoms with Crippen molar-refractivity contribution in [1.82, 2.24) is 4.98 Å². The molecule has 0 amide bonds. The molecule has 0 radical (unpaired) electrons. The van der Waals surface area contributed by atoms with Crippen LogP contribution >= 0.6 is 0 Å². The van der Waals surface area contributed by atoms with Gasteiger partial charge in [-0.3, -0.25) is 4.98 Å². The van der Waals surface area contributed by atoms with Crippen LogP contribution in [0.25, 0.3) is 11.3 Å². The van der Waals surface area contributed by atoms with Crippen LogP contribution in [0.1, 0.15) is 1.43 Å². The van der Waals surface area contributed by atoms with Gasteiger partial charge in [-0.2, -0.15) is 0 Å². The predicted octanol–water partition coefficient (Wildman–Crippen LogP) is 2.58. The molecule has 1 heterocycles. The Hall–Kier alpha value is -1.83. The Kier molecular flexibility index (Phi) is 1.96. The number of benzene rings is 1. The third-order valence-corrected chi connectivity index (χ3v) is 1.87. The second-order valence-corrected chi connectivity index (χ2v) is 2.84. The van der Waals surface area contributed by atoms with E-state index in [9.17, 15) is 0 Å². The molecule has 0 spiro atoms. The molecule has 2 aromatic rings. The molecule has 0 aliphatic carbocycles. The molecule has 0 bridgehead atoms. The Labute approximate surface area is 78.5 Å². The smallest absolute Gasteiger partial charge is 0.0701 e. The summed E-state index contributed by atoms with van der Waals surface area (Å²) in [5.41, 5.74) is 8.43. The van der Waals surface area contributed by atoms with Gasteiger partial charge in [0.1, 0.15) is 0 Å². The van der Waals surface area contributed by atoms with Crippen LogP contribution in [0.2, 0.25) is 0 Å². The van der Waals surface area contributed by atoms with Gasteiger partial charge < -0.3 is 5.73 Å². The number of pyridine rings is 1. The van der Waals surface area contributed by atoms with E-state index in [2.05, 4.69) is 4.98 Å². The van der Waals surface area contributed by atoms with E-state index >= 15 is 0 Å². The zero-order chi connectivity index (χ0) is 9.10. The van der Waals surface area contributed by atoms with Crippen molar-refractivity contribution in [2.75, 3.05) is 5.73 Å². The molecule has 1 aromatic carbocycles. The van der Waals surface area contributed by atoms with Gasteiger partial charge in [0, 0.05) is 18.9 Å². The van der Waals surface area contributed by atoms with Crippen LogP contribution in [-0.2, 0) is 0 Å². The third kappa shape index (κ3) is 1.67. The highest BCUT2D eigenvalue weighted by atomic mass is 14.7. The average molecular weight is 172 g/mol. The van der Waals surface area contributed by atoms with Gasteiger partial charge in [-0.25, -0.2) is 0 Å². The van der Waals surface area contributed by atoms with Gasteiger partial charge in [-0.15, -0.1) is 0 Å². The lowest BCUT2D eigenvalue weighted by molar-refractivity contribution is 1.33. The number of aromatic nitrogens is 1. The molecule has 2 nitrogen and oxygen atoms in total. The summed E-state index contributed by atoms with van der Waals surface area (Å²) < 4.78 is 0. The van der Waals surface area contributed by atoms with Gasteiger partial charge >= 0.3 is 0 Å². The van der Waals surface area contributed by atoms with Gasteiger partial charge in [-0.05, 0) is 24.3 Å². The number of nitrogen functional groups attached to an aromatic ring is 1. The highest BCUT2D eigenvalue weighted by molar-refractivity contribution is 5.61. The first-order valence-electron chi connectivity index (χ1n) is 4.13. The average Bonchev–Trinajstić information content (AvgIpc) is 2.20. The third-order valence-electron chi connectivity index (χ3n) is 1.87. The molecule has 66 valence electrons. The van der Waals surface area contributed by atoms with Crippen LogP contribution in [0, 0.1) is 0 Å². The zero-order valence-corrected chi connectivity index (χ0v) is 7.14. The normalized spacial score (nSPS) is 9.85. The first kappa shape index (κ1) is 7.80. The van der Waals surface area contributed by atoms with E-state index in [1.807, 2.05) is 42.5 Å². The van der Waals surface area contributed by atoms with Crippen molar-refractivity contribution in [1.29, 1.82) is 0 Å². The maximum atomic E-state index is 5.58. The van der Waals surface area contributed by atoms with Crippen LogP contribution in [-0.4, -0.2) is 4.98 Å². The lowest BCUT2D eigenvalue weighted by Crippen LogP contribution is -1.85. The summed E-state index contributed by atoms with van der Waals surface area (Å²) in [5.74, 6) is 0. The summed E-state index contributed by atoms with van der Waals surface area (Å²) in [4.78, 5) is 4.24.